The van der Waals surface area contributed by atoms with Gasteiger partial charge in [-0.05, 0) is 122 Å². The van der Waals surface area contributed by atoms with Crippen LogP contribution >= 0.6 is 0 Å². The van der Waals surface area contributed by atoms with Gasteiger partial charge in [-0.3, -0.25) is 0 Å². The second-order valence-corrected chi connectivity index (χ2v) is 14.6. The molecule has 0 aromatic heterocycles. The molecular weight excluding hydrogens is 390 g/mol. The van der Waals surface area contributed by atoms with E-state index in [1.165, 1.54) is 63.4 Å². The zero-order valence-corrected chi connectivity index (χ0v) is 22.1. The molecule has 5 saturated carbocycles. The lowest BCUT2D eigenvalue weighted by atomic mass is 9.32. The van der Waals surface area contributed by atoms with Gasteiger partial charge in [0.25, 0.3) is 0 Å². The zero-order valence-electron chi connectivity index (χ0n) is 22.1. The Labute approximate surface area is 197 Å². The lowest BCUT2D eigenvalue weighted by Gasteiger charge is -2.72. The summed E-state index contributed by atoms with van der Waals surface area (Å²) < 4.78 is 0. The Morgan fingerprint density at radius 1 is 0.844 bits per heavy atom. The quantitative estimate of drug-likeness (QED) is 0.248. The average molecular weight is 440 g/mol. The van der Waals surface area contributed by atoms with Crippen LogP contribution in [0.2, 0.25) is 0 Å². The van der Waals surface area contributed by atoms with Crippen molar-refractivity contribution < 1.29 is 5.21 Å². The van der Waals surface area contributed by atoms with Crippen LogP contribution in [0.25, 0.3) is 0 Å². The predicted octanol–water partition coefficient (Wildman–Crippen LogP) is 8.49. The average Bonchev–Trinajstić information content (AvgIpc) is 3.06. The smallest absolute Gasteiger partial charge is 0.0630 e. The Balaban J connectivity index is 1.54. The molecule has 2 heteroatoms. The van der Waals surface area contributed by atoms with Crippen molar-refractivity contribution in [2.45, 2.75) is 113 Å². The van der Waals surface area contributed by atoms with E-state index < -0.39 is 0 Å². The number of rotatable bonds is 1. The van der Waals surface area contributed by atoms with Crippen molar-refractivity contribution in [3.8, 4) is 0 Å². The van der Waals surface area contributed by atoms with Gasteiger partial charge >= 0.3 is 0 Å². The van der Waals surface area contributed by atoms with E-state index in [1.807, 2.05) is 0 Å². The summed E-state index contributed by atoms with van der Waals surface area (Å²) in [7, 11) is 0. The highest BCUT2D eigenvalue weighted by molar-refractivity contribution is 5.90. The maximum atomic E-state index is 9.74. The van der Waals surface area contributed by atoms with Crippen LogP contribution in [0.4, 0.5) is 0 Å². The van der Waals surface area contributed by atoms with Gasteiger partial charge in [0, 0.05) is 5.41 Å². The summed E-state index contributed by atoms with van der Waals surface area (Å²) in [6.45, 7) is 22.2. The molecule has 5 rings (SSSR count). The molecular formula is C30H49NO. The Morgan fingerprint density at radius 3 is 2.22 bits per heavy atom. The molecule has 0 aliphatic heterocycles. The van der Waals surface area contributed by atoms with Crippen LogP contribution in [0.15, 0.2) is 17.3 Å². The van der Waals surface area contributed by atoms with Gasteiger partial charge in [-0.1, -0.05) is 58.9 Å². The summed E-state index contributed by atoms with van der Waals surface area (Å²) in [5, 5.41) is 13.5. The molecule has 0 saturated heterocycles. The lowest BCUT2D eigenvalue weighted by molar-refractivity contribution is -0.226. The van der Waals surface area contributed by atoms with E-state index in [4.69, 9.17) is 0 Å². The number of hydrogen-bond donors (Lipinski definition) is 1. The number of nitrogens with zero attached hydrogens (tertiary/aromatic N) is 1. The molecule has 180 valence electrons. The minimum Gasteiger partial charge on any atom is -0.411 e. The Hall–Kier alpha value is -0.790. The van der Waals surface area contributed by atoms with Gasteiger partial charge in [-0.15, -0.1) is 0 Å². The van der Waals surface area contributed by atoms with Crippen molar-refractivity contribution in [3.63, 3.8) is 0 Å². The summed E-state index contributed by atoms with van der Waals surface area (Å²) >= 11 is 0. The third-order valence-corrected chi connectivity index (χ3v) is 13.4. The van der Waals surface area contributed by atoms with E-state index in [0.717, 1.165) is 35.8 Å². The highest BCUT2D eigenvalue weighted by atomic mass is 16.4. The van der Waals surface area contributed by atoms with Gasteiger partial charge in [0.1, 0.15) is 0 Å². The van der Waals surface area contributed by atoms with Crippen molar-refractivity contribution in [1.29, 1.82) is 0 Å². The molecule has 1 N–H and O–H groups in total. The maximum absolute atomic E-state index is 9.74. The normalized spacial score (nSPS) is 55.5. The fourth-order valence-electron chi connectivity index (χ4n) is 11.5. The Bertz CT molecular complexity index is 842. The van der Waals surface area contributed by atoms with Crippen molar-refractivity contribution >= 4 is 5.71 Å². The molecule has 9 atom stereocenters. The zero-order chi connectivity index (χ0) is 23.3. The summed E-state index contributed by atoms with van der Waals surface area (Å²) in [6, 6.07) is 0. The van der Waals surface area contributed by atoms with E-state index in [1.54, 1.807) is 0 Å². The number of hydrogen-bond acceptors (Lipinski definition) is 2. The van der Waals surface area contributed by atoms with E-state index >= 15 is 0 Å². The number of oxime groups is 1. The van der Waals surface area contributed by atoms with E-state index in [9.17, 15) is 5.21 Å². The predicted molar refractivity (Wildman–Crippen MR) is 134 cm³/mol. The summed E-state index contributed by atoms with van der Waals surface area (Å²) in [5.74, 6) is 3.88. The van der Waals surface area contributed by atoms with Gasteiger partial charge in [0.05, 0.1) is 5.71 Å². The van der Waals surface area contributed by atoms with Crippen LogP contribution in [0.3, 0.4) is 0 Å². The monoisotopic (exact) mass is 439 g/mol. The van der Waals surface area contributed by atoms with Gasteiger partial charge in [-0.2, -0.15) is 0 Å². The van der Waals surface area contributed by atoms with E-state index in [0.29, 0.717) is 27.6 Å². The minimum atomic E-state index is 0.0163. The van der Waals surface area contributed by atoms with Crippen LogP contribution in [-0.2, 0) is 0 Å². The SMILES string of the molecule is C=C(C)[C@@H]1CC[C@]2(C)CC[C@]3(C)[C@H](CCC4[C@@]5(C)CC/C(=N\O)C(C)(C)C5CC[C@]43C)C12. The van der Waals surface area contributed by atoms with Crippen molar-refractivity contribution in [1.82, 2.24) is 0 Å². The standard InChI is InChI=1S/C30H49NO/c1-19(2)20-11-14-27(5)17-18-29(7)21(25(20)27)9-10-23-28(6)15-13-24(31-32)26(3,4)22(28)12-16-30(23,29)8/h20-23,25,32H,1,9-18H2,2-8H3/b31-24+/t20-,21+,22?,23?,25?,27+,28-,29+,30+/m0/s1. The second-order valence-electron chi connectivity index (χ2n) is 14.6. The molecule has 3 unspecified atom stereocenters. The first kappa shape index (κ1) is 23.0. The molecule has 0 radical (unpaired) electrons. The largest absolute Gasteiger partial charge is 0.411 e. The van der Waals surface area contributed by atoms with Crippen LogP contribution in [0, 0.1) is 56.7 Å². The van der Waals surface area contributed by atoms with Crippen LogP contribution in [0.5, 0.6) is 0 Å². The molecule has 0 aromatic rings. The Morgan fingerprint density at radius 2 is 1.56 bits per heavy atom. The molecule has 5 aliphatic carbocycles. The number of allylic oxidation sites excluding steroid dienone is 1. The first-order chi connectivity index (χ1) is 14.8. The molecule has 0 amide bonds. The summed E-state index contributed by atoms with van der Waals surface area (Å²) in [5.41, 5.74) is 4.29. The van der Waals surface area contributed by atoms with Gasteiger partial charge < -0.3 is 5.21 Å². The van der Waals surface area contributed by atoms with E-state index in [-0.39, 0.29) is 5.41 Å². The highest BCUT2D eigenvalue weighted by Crippen LogP contribution is 2.77. The van der Waals surface area contributed by atoms with E-state index in [2.05, 4.69) is 60.2 Å². The number of fused-ring (bicyclic) bond motifs is 7. The molecule has 0 heterocycles. The maximum Gasteiger partial charge on any atom is 0.0630 e. The first-order valence-electron chi connectivity index (χ1n) is 13.7. The molecule has 0 bridgehead atoms. The molecule has 32 heavy (non-hydrogen) atoms. The summed E-state index contributed by atoms with van der Waals surface area (Å²) in [6.07, 6.45) is 13.3. The van der Waals surface area contributed by atoms with Gasteiger partial charge in [-0.25, -0.2) is 0 Å². The van der Waals surface area contributed by atoms with Crippen LogP contribution < -0.4 is 0 Å². The first-order valence-corrected chi connectivity index (χ1v) is 13.7. The molecule has 0 spiro atoms. The third kappa shape index (κ3) is 2.62. The molecule has 5 fully saturated rings. The van der Waals surface area contributed by atoms with Crippen LogP contribution in [-0.4, -0.2) is 10.9 Å². The van der Waals surface area contributed by atoms with Crippen molar-refractivity contribution in [2.75, 3.05) is 0 Å². The third-order valence-electron chi connectivity index (χ3n) is 13.4. The van der Waals surface area contributed by atoms with Gasteiger partial charge in [0.2, 0.25) is 0 Å². The van der Waals surface area contributed by atoms with Gasteiger partial charge in [0.15, 0.2) is 0 Å². The Kier molecular flexibility index (Phi) is 4.94. The van der Waals surface area contributed by atoms with Crippen molar-refractivity contribution in [3.05, 3.63) is 12.2 Å². The topological polar surface area (TPSA) is 32.6 Å². The molecule has 0 aromatic carbocycles. The van der Waals surface area contributed by atoms with Crippen LogP contribution in [0.1, 0.15) is 113 Å². The van der Waals surface area contributed by atoms with Crippen molar-refractivity contribution in [2.24, 2.45) is 61.8 Å². The fourth-order valence-corrected chi connectivity index (χ4v) is 11.5. The fraction of sp³-hybridized carbons (Fsp3) is 0.900. The lowest BCUT2D eigenvalue weighted by Crippen LogP contribution is -2.66. The molecule has 5 aliphatic rings. The second kappa shape index (κ2) is 6.88. The summed E-state index contributed by atoms with van der Waals surface area (Å²) in [4.78, 5) is 0. The molecule has 2 nitrogen and oxygen atoms in total. The highest BCUT2D eigenvalue weighted by Gasteiger charge is 2.70. The minimum absolute atomic E-state index is 0.0163.